The summed E-state index contributed by atoms with van der Waals surface area (Å²) in [6.07, 6.45) is 3.83. The van der Waals surface area contributed by atoms with Crippen LogP contribution in [0, 0.1) is 0 Å². The van der Waals surface area contributed by atoms with Crippen molar-refractivity contribution < 1.29 is 0 Å². The lowest BCUT2D eigenvalue weighted by Gasteiger charge is -2.37. The van der Waals surface area contributed by atoms with Crippen LogP contribution in [-0.4, -0.2) is 33.8 Å². The molecular weight excluding hydrogens is 357 g/mol. The van der Waals surface area contributed by atoms with E-state index in [-0.39, 0.29) is 5.54 Å². The van der Waals surface area contributed by atoms with Gasteiger partial charge in [0.2, 0.25) is 0 Å². The highest BCUT2D eigenvalue weighted by molar-refractivity contribution is 6.43. The molecule has 4 rings (SSSR count). The summed E-state index contributed by atoms with van der Waals surface area (Å²) in [5.74, 6) is 0. The molecule has 3 aromatic rings. The molecule has 1 aliphatic heterocycles. The van der Waals surface area contributed by atoms with Gasteiger partial charge in [-0.3, -0.25) is 10.1 Å². The molecule has 0 atom stereocenters. The molecule has 0 aliphatic carbocycles. The second-order valence-corrected chi connectivity index (χ2v) is 7.69. The minimum atomic E-state index is -0.0709. The number of hydrogen-bond donors (Lipinski definition) is 2. The van der Waals surface area contributed by atoms with Gasteiger partial charge >= 0.3 is 0 Å². The van der Waals surface area contributed by atoms with Crippen molar-refractivity contribution in [3.63, 3.8) is 0 Å². The molecule has 3 N–H and O–H groups in total. The van der Waals surface area contributed by atoms with Crippen molar-refractivity contribution in [1.29, 1.82) is 0 Å². The number of aromatic amines is 1. The van der Waals surface area contributed by atoms with E-state index in [2.05, 4.69) is 33.1 Å². The molecule has 1 aromatic carbocycles. The average Bonchev–Trinajstić information content (AvgIpc) is 3.00. The topological polar surface area (TPSA) is 70.8 Å². The van der Waals surface area contributed by atoms with Gasteiger partial charge in [0.15, 0.2) is 0 Å². The summed E-state index contributed by atoms with van der Waals surface area (Å²) in [4.78, 5) is 6.94. The van der Waals surface area contributed by atoms with Crippen LogP contribution < -0.4 is 10.6 Å². The Kier molecular flexibility index (Phi) is 4.10. The Labute approximate surface area is 156 Å². The normalized spacial score (nSPS) is 17.2. The van der Waals surface area contributed by atoms with Crippen LogP contribution in [0.15, 0.2) is 30.5 Å². The summed E-state index contributed by atoms with van der Waals surface area (Å²) in [6.45, 7) is 3.98. The van der Waals surface area contributed by atoms with E-state index in [1.54, 1.807) is 6.07 Å². The summed E-state index contributed by atoms with van der Waals surface area (Å²) >= 11 is 12.5. The van der Waals surface area contributed by atoms with E-state index in [1.165, 1.54) is 0 Å². The number of nitrogens with one attached hydrogen (secondary N) is 1. The Morgan fingerprint density at radius 2 is 2.00 bits per heavy atom. The lowest BCUT2D eigenvalue weighted by atomic mass is 9.91. The average molecular weight is 376 g/mol. The smallest absolute Gasteiger partial charge is 0.120 e. The molecule has 0 amide bonds. The number of H-pyrrole nitrogens is 1. The molecule has 0 saturated carbocycles. The van der Waals surface area contributed by atoms with Crippen LogP contribution >= 0.6 is 23.2 Å². The van der Waals surface area contributed by atoms with Gasteiger partial charge in [-0.15, -0.1) is 0 Å². The third kappa shape index (κ3) is 3.08. The molecule has 130 valence electrons. The van der Waals surface area contributed by atoms with Crippen molar-refractivity contribution in [2.24, 2.45) is 5.73 Å². The van der Waals surface area contributed by atoms with Gasteiger partial charge in [-0.05, 0) is 31.9 Å². The van der Waals surface area contributed by atoms with Gasteiger partial charge in [0.25, 0.3) is 0 Å². The standard InChI is InChI=1S/C18H19Cl2N5/c1-18(21)5-7-25(8-6-18)11-9-14-17(22-10-11)16(24-23-14)12-3-2-4-13(19)15(12)20/h2-4,9-10H,5-8,21H2,1H3,(H,23,24). The van der Waals surface area contributed by atoms with Gasteiger partial charge in [-0.2, -0.15) is 5.10 Å². The van der Waals surface area contributed by atoms with Crippen molar-refractivity contribution in [3.05, 3.63) is 40.5 Å². The zero-order valence-electron chi connectivity index (χ0n) is 13.9. The molecule has 5 nitrogen and oxygen atoms in total. The molecule has 3 heterocycles. The molecule has 1 fully saturated rings. The third-order valence-electron chi connectivity index (χ3n) is 4.86. The lowest BCUT2D eigenvalue weighted by molar-refractivity contribution is 0.364. The van der Waals surface area contributed by atoms with E-state index >= 15 is 0 Å². The van der Waals surface area contributed by atoms with Gasteiger partial charge in [0, 0.05) is 24.2 Å². The van der Waals surface area contributed by atoms with E-state index in [4.69, 9.17) is 28.9 Å². The summed E-state index contributed by atoms with van der Waals surface area (Å²) in [6, 6.07) is 7.59. The molecule has 1 saturated heterocycles. The minimum Gasteiger partial charge on any atom is -0.370 e. The maximum Gasteiger partial charge on any atom is 0.120 e. The number of pyridine rings is 1. The van der Waals surface area contributed by atoms with Crippen molar-refractivity contribution in [2.45, 2.75) is 25.3 Å². The van der Waals surface area contributed by atoms with Crippen molar-refractivity contribution in [1.82, 2.24) is 15.2 Å². The second kappa shape index (κ2) is 6.16. The number of halogens is 2. The maximum absolute atomic E-state index is 6.33. The number of nitrogens with zero attached hydrogens (tertiary/aromatic N) is 3. The highest BCUT2D eigenvalue weighted by atomic mass is 35.5. The van der Waals surface area contributed by atoms with Crippen LogP contribution in [0.4, 0.5) is 5.69 Å². The highest BCUT2D eigenvalue weighted by Gasteiger charge is 2.26. The van der Waals surface area contributed by atoms with Gasteiger partial charge in [-0.25, -0.2) is 0 Å². The summed E-state index contributed by atoms with van der Waals surface area (Å²) < 4.78 is 0. The Morgan fingerprint density at radius 1 is 1.24 bits per heavy atom. The molecule has 0 bridgehead atoms. The number of piperidine rings is 1. The largest absolute Gasteiger partial charge is 0.370 e. The molecule has 2 aromatic heterocycles. The van der Waals surface area contributed by atoms with E-state index < -0.39 is 0 Å². The van der Waals surface area contributed by atoms with Crippen molar-refractivity contribution >= 4 is 39.9 Å². The summed E-state index contributed by atoms with van der Waals surface area (Å²) in [5.41, 5.74) is 10.4. The first-order valence-electron chi connectivity index (χ1n) is 8.27. The Bertz CT molecular complexity index is 924. The number of benzene rings is 1. The first-order chi connectivity index (χ1) is 11.9. The van der Waals surface area contributed by atoms with Crippen molar-refractivity contribution in [3.8, 4) is 11.3 Å². The SMILES string of the molecule is CC1(N)CCN(c2cnc3c(-c4cccc(Cl)c4Cl)n[nH]c3c2)CC1. The van der Waals surface area contributed by atoms with Crippen molar-refractivity contribution in [2.75, 3.05) is 18.0 Å². The van der Waals surface area contributed by atoms with Crippen LogP contribution in [-0.2, 0) is 0 Å². The lowest BCUT2D eigenvalue weighted by Crippen LogP contribution is -2.48. The van der Waals surface area contributed by atoms with Gasteiger partial charge in [0.05, 0.1) is 27.4 Å². The summed E-state index contributed by atoms with van der Waals surface area (Å²) in [5, 5.41) is 8.46. The van der Waals surface area contributed by atoms with Crippen LogP contribution in [0.5, 0.6) is 0 Å². The fourth-order valence-electron chi connectivity index (χ4n) is 3.22. The quantitative estimate of drug-likeness (QED) is 0.702. The van der Waals surface area contributed by atoms with Gasteiger partial charge in [0.1, 0.15) is 11.2 Å². The van der Waals surface area contributed by atoms with E-state index in [0.29, 0.717) is 15.7 Å². The van der Waals surface area contributed by atoms with Crippen LogP contribution in [0.2, 0.25) is 10.0 Å². The number of aromatic nitrogens is 3. The van der Waals surface area contributed by atoms with Gasteiger partial charge in [-0.1, -0.05) is 35.3 Å². The number of anilines is 1. The molecule has 25 heavy (non-hydrogen) atoms. The van der Waals surface area contributed by atoms with E-state index in [0.717, 1.165) is 48.2 Å². The Balaban J connectivity index is 1.69. The first-order valence-corrected chi connectivity index (χ1v) is 9.02. The Hall–Kier alpha value is -1.82. The first kappa shape index (κ1) is 16.6. The molecule has 0 radical (unpaired) electrons. The van der Waals surface area contributed by atoms with Crippen LogP contribution in [0.3, 0.4) is 0 Å². The highest BCUT2D eigenvalue weighted by Crippen LogP contribution is 2.36. The number of rotatable bonds is 2. The second-order valence-electron chi connectivity index (χ2n) is 6.90. The maximum atomic E-state index is 6.33. The van der Waals surface area contributed by atoms with E-state index in [1.807, 2.05) is 18.3 Å². The third-order valence-corrected chi connectivity index (χ3v) is 5.68. The minimum absolute atomic E-state index is 0.0709. The molecular formula is C18H19Cl2N5. The molecule has 7 heteroatoms. The molecule has 1 aliphatic rings. The fraction of sp³-hybridized carbons (Fsp3) is 0.333. The Morgan fingerprint density at radius 3 is 2.76 bits per heavy atom. The zero-order valence-corrected chi connectivity index (χ0v) is 15.4. The zero-order chi connectivity index (χ0) is 17.6. The number of fused-ring (bicyclic) bond motifs is 1. The number of hydrogen-bond acceptors (Lipinski definition) is 4. The molecule has 0 unspecified atom stereocenters. The monoisotopic (exact) mass is 375 g/mol. The van der Waals surface area contributed by atoms with Crippen LogP contribution in [0.25, 0.3) is 22.3 Å². The van der Waals surface area contributed by atoms with Gasteiger partial charge < -0.3 is 10.6 Å². The predicted octanol–water partition coefficient (Wildman–Crippen LogP) is 4.25. The summed E-state index contributed by atoms with van der Waals surface area (Å²) in [7, 11) is 0. The predicted molar refractivity (Wildman–Crippen MR) is 103 cm³/mol. The fourth-order valence-corrected chi connectivity index (χ4v) is 3.61. The molecule has 0 spiro atoms. The van der Waals surface area contributed by atoms with Crippen LogP contribution in [0.1, 0.15) is 19.8 Å². The number of nitrogens with two attached hydrogens (primary N) is 1. The van der Waals surface area contributed by atoms with E-state index in [9.17, 15) is 0 Å².